The number of carbonyl (C=O) groups excluding carboxylic acids is 1. The molecule has 3 rings (SSSR count). The molecular weight excluding hydrogens is 357 g/mol. The van der Waals surface area contributed by atoms with Crippen LogP contribution in [0.1, 0.15) is 63.4 Å². The molecule has 1 saturated heterocycles. The molecule has 4 nitrogen and oxygen atoms in total. The minimum absolute atomic E-state index is 0.0284. The summed E-state index contributed by atoms with van der Waals surface area (Å²) >= 11 is 0. The number of ether oxygens (including phenoxy) is 1. The summed E-state index contributed by atoms with van der Waals surface area (Å²) in [6.45, 7) is 10.4. The van der Waals surface area contributed by atoms with Gasteiger partial charge in [0, 0.05) is 35.8 Å². The molecule has 1 amide bonds. The molecule has 1 atom stereocenters. The van der Waals surface area contributed by atoms with Crippen LogP contribution in [-0.4, -0.2) is 34.7 Å². The topological polar surface area (TPSA) is 42.4 Å². The lowest BCUT2D eigenvalue weighted by atomic mass is 9.54. The lowest BCUT2D eigenvalue weighted by Gasteiger charge is -2.59. The Labute approximate surface area is 158 Å². The molecule has 2 heterocycles. The summed E-state index contributed by atoms with van der Waals surface area (Å²) in [5.74, 6) is 0.488. The predicted molar refractivity (Wildman–Crippen MR) is 95.4 cm³/mol. The first-order valence-corrected chi connectivity index (χ1v) is 9.32. The number of alkyl halides is 3. The summed E-state index contributed by atoms with van der Waals surface area (Å²) in [5.41, 5.74) is -0.279. The number of halogens is 3. The highest BCUT2D eigenvalue weighted by atomic mass is 19.4. The summed E-state index contributed by atoms with van der Waals surface area (Å²) < 4.78 is 44.1. The average Bonchev–Trinajstić information content (AvgIpc) is 2.40. The van der Waals surface area contributed by atoms with Crippen LogP contribution in [0.2, 0.25) is 0 Å². The highest BCUT2D eigenvalue weighted by Crippen LogP contribution is 2.56. The lowest BCUT2D eigenvalue weighted by molar-refractivity contribution is -0.138. The van der Waals surface area contributed by atoms with Crippen LogP contribution in [-0.2, 0) is 10.9 Å². The molecule has 0 radical (unpaired) electrons. The standard InChI is InChI=1S/C20H27F3N2O2/c1-12(16-7-6-15(13(2)24-16)20(21,22)23)14-8-19(9-14)10-25(11-19)17(26)27-18(3,4)5/h6-7,12,14H,8-11H2,1-5H3. The predicted octanol–water partition coefficient (Wildman–Crippen LogP) is 5.16. The summed E-state index contributed by atoms with van der Waals surface area (Å²) in [6, 6.07) is 2.63. The Balaban J connectivity index is 1.55. The smallest absolute Gasteiger partial charge is 0.418 e. The number of hydrogen-bond donors (Lipinski definition) is 0. The molecule has 2 aliphatic rings. The van der Waals surface area contributed by atoms with Gasteiger partial charge in [0.2, 0.25) is 0 Å². The van der Waals surface area contributed by atoms with E-state index in [1.165, 1.54) is 13.0 Å². The molecule has 0 N–H and O–H groups in total. The summed E-state index contributed by atoms with van der Waals surface area (Å²) in [6.07, 6.45) is -2.70. The van der Waals surface area contributed by atoms with Crippen molar-refractivity contribution in [3.05, 3.63) is 29.1 Å². The Morgan fingerprint density at radius 2 is 1.85 bits per heavy atom. The van der Waals surface area contributed by atoms with Gasteiger partial charge in [0.15, 0.2) is 0 Å². The van der Waals surface area contributed by atoms with Gasteiger partial charge in [-0.3, -0.25) is 4.98 Å². The van der Waals surface area contributed by atoms with Gasteiger partial charge in [-0.15, -0.1) is 0 Å². The van der Waals surface area contributed by atoms with Crippen molar-refractivity contribution in [2.75, 3.05) is 13.1 Å². The zero-order valence-corrected chi connectivity index (χ0v) is 16.5. The third kappa shape index (κ3) is 4.06. The van der Waals surface area contributed by atoms with Crippen molar-refractivity contribution in [1.29, 1.82) is 0 Å². The van der Waals surface area contributed by atoms with Gasteiger partial charge in [-0.2, -0.15) is 13.2 Å². The van der Waals surface area contributed by atoms with Crippen molar-refractivity contribution in [3.63, 3.8) is 0 Å². The molecule has 1 aromatic rings. The Bertz CT molecular complexity index is 726. The molecular formula is C20H27F3N2O2. The zero-order valence-electron chi connectivity index (χ0n) is 16.5. The van der Waals surface area contributed by atoms with E-state index in [1.807, 2.05) is 27.7 Å². The van der Waals surface area contributed by atoms with Crippen LogP contribution >= 0.6 is 0 Å². The third-order valence-electron chi connectivity index (χ3n) is 5.68. The second kappa shape index (κ2) is 6.38. The number of rotatable bonds is 2. The quantitative estimate of drug-likeness (QED) is 0.707. The summed E-state index contributed by atoms with van der Waals surface area (Å²) in [4.78, 5) is 18.0. The van der Waals surface area contributed by atoms with E-state index in [2.05, 4.69) is 4.98 Å². The second-order valence-electron chi connectivity index (χ2n) is 9.16. The maximum Gasteiger partial charge on any atom is 0.418 e. The van der Waals surface area contributed by atoms with Gasteiger partial charge in [0.25, 0.3) is 0 Å². The molecule has 7 heteroatoms. The van der Waals surface area contributed by atoms with Crippen LogP contribution in [0, 0.1) is 18.3 Å². The summed E-state index contributed by atoms with van der Waals surface area (Å²) in [7, 11) is 0. The minimum atomic E-state index is -4.36. The van der Waals surface area contributed by atoms with Gasteiger partial charge in [0.1, 0.15) is 5.60 Å². The average molecular weight is 384 g/mol. The first-order chi connectivity index (χ1) is 12.3. The number of amides is 1. The molecule has 0 aromatic carbocycles. The first kappa shape index (κ1) is 20.0. The van der Waals surface area contributed by atoms with E-state index in [0.29, 0.717) is 24.7 Å². The van der Waals surface area contributed by atoms with Gasteiger partial charge >= 0.3 is 12.3 Å². The molecule has 1 aliphatic carbocycles. The fraction of sp³-hybridized carbons (Fsp3) is 0.700. The fourth-order valence-corrected chi connectivity index (χ4v) is 4.26. The molecule has 1 spiro atoms. The minimum Gasteiger partial charge on any atom is -0.444 e. The van der Waals surface area contributed by atoms with Crippen LogP contribution in [0.4, 0.5) is 18.0 Å². The van der Waals surface area contributed by atoms with Crippen LogP contribution in [0.15, 0.2) is 12.1 Å². The van der Waals surface area contributed by atoms with Gasteiger partial charge in [-0.25, -0.2) is 4.79 Å². The number of pyridine rings is 1. The SMILES string of the molecule is Cc1nc(C(C)C2CC3(C2)CN(C(=O)OC(C)(C)C)C3)ccc1C(F)(F)F. The molecule has 2 fully saturated rings. The molecule has 1 unspecified atom stereocenters. The van der Waals surface area contributed by atoms with Crippen LogP contribution in [0.5, 0.6) is 0 Å². The monoisotopic (exact) mass is 384 g/mol. The Morgan fingerprint density at radius 3 is 2.33 bits per heavy atom. The van der Waals surface area contributed by atoms with E-state index in [-0.39, 0.29) is 23.1 Å². The normalized spacial score (nSPS) is 20.8. The third-order valence-corrected chi connectivity index (χ3v) is 5.68. The Kier molecular flexibility index (Phi) is 4.72. The number of aromatic nitrogens is 1. The summed E-state index contributed by atoms with van der Waals surface area (Å²) in [5, 5.41) is 0. The van der Waals surface area contributed by atoms with Crippen molar-refractivity contribution < 1.29 is 22.7 Å². The number of aryl methyl sites for hydroxylation is 1. The number of hydrogen-bond acceptors (Lipinski definition) is 3. The number of carbonyl (C=O) groups is 1. The van der Waals surface area contributed by atoms with E-state index in [1.54, 1.807) is 4.90 Å². The van der Waals surface area contributed by atoms with E-state index < -0.39 is 17.3 Å². The van der Waals surface area contributed by atoms with Gasteiger partial charge in [-0.05, 0) is 58.6 Å². The Morgan fingerprint density at radius 1 is 1.26 bits per heavy atom. The largest absolute Gasteiger partial charge is 0.444 e. The van der Waals surface area contributed by atoms with Crippen molar-refractivity contribution in [3.8, 4) is 0 Å². The van der Waals surface area contributed by atoms with E-state index in [4.69, 9.17) is 4.74 Å². The van der Waals surface area contributed by atoms with E-state index in [9.17, 15) is 18.0 Å². The first-order valence-electron chi connectivity index (χ1n) is 9.32. The number of likely N-dealkylation sites (tertiary alicyclic amines) is 1. The van der Waals surface area contributed by atoms with Crippen molar-refractivity contribution >= 4 is 6.09 Å². The van der Waals surface area contributed by atoms with Gasteiger partial charge < -0.3 is 9.64 Å². The van der Waals surface area contributed by atoms with Crippen molar-refractivity contribution in [1.82, 2.24) is 9.88 Å². The maximum absolute atomic E-state index is 12.9. The second-order valence-corrected chi connectivity index (χ2v) is 9.16. The fourth-order valence-electron chi connectivity index (χ4n) is 4.26. The van der Waals surface area contributed by atoms with Gasteiger partial charge in [0.05, 0.1) is 5.56 Å². The Hall–Kier alpha value is -1.79. The van der Waals surface area contributed by atoms with E-state index in [0.717, 1.165) is 18.9 Å². The highest BCUT2D eigenvalue weighted by molar-refractivity contribution is 5.69. The lowest BCUT2D eigenvalue weighted by Crippen LogP contribution is -2.64. The molecule has 0 bridgehead atoms. The molecule has 150 valence electrons. The maximum atomic E-state index is 12.9. The van der Waals surface area contributed by atoms with E-state index >= 15 is 0 Å². The van der Waals surface area contributed by atoms with Gasteiger partial charge in [-0.1, -0.05) is 6.92 Å². The molecule has 1 aromatic heterocycles. The molecule has 1 aliphatic heterocycles. The number of nitrogens with zero attached hydrogens (tertiary/aromatic N) is 2. The molecule has 1 saturated carbocycles. The van der Waals surface area contributed by atoms with Crippen LogP contribution in [0.3, 0.4) is 0 Å². The zero-order chi connectivity index (χ0) is 20.2. The molecule has 27 heavy (non-hydrogen) atoms. The van der Waals surface area contributed by atoms with Crippen LogP contribution in [0.25, 0.3) is 0 Å². The van der Waals surface area contributed by atoms with Crippen molar-refractivity contribution in [2.24, 2.45) is 11.3 Å². The van der Waals surface area contributed by atoms with Crippen molar-refractivity contribution in [2.45, 2.75) is 65.2 Å². The highest BCUT2D eigenvalue weighted by Gasteiger charge is 2.55. The van der Waals surface area contributed by atoms with Crippen LogP contribution < -0.4 is 0 Å².